The maximum Gasteiger partial charge on any atom is 0.407 e. The van der Waals surface area contributed by atoms with Crippen molar-refractivity contribution in [3.05, 3.63) is 70.8 Å². The number of hydrogen-bond donors (Lipinski definition) is 3. The van der Waals surface area contributed by atoms with Crippen LogP contribution in [0.3, 0.4) is 0 Å². The van der Waals surface area contributed by atoms with Crippen molar-refractivity contribution in [3.63, 3.8) is 0 Å². The lowest BCUT2D eigenvalue weighted by molar-refractivity contribution is -0.137. The summed E-state index contributed by atoms with van der Waals surface area (Å²) in [5.41, 5.74) is 0.612. The zero-order chi connectivity index (χ0) is 23.2. The predicted octanol–water partition coefficient (Wildman–Crippen LogP) is 2.48. The SMILES string of the molecule is O=C(O)Cn1cc2c(nc1=O)Nc1c(OCCNC(=O)OCc3ccccc3)cccc1O2. The smallest absolute Gasteiger partial charge is 0.407 e. The van der Waals surface area contributed by atoms with Gasteiger partial charge in [0.1, 0.15) is 31.2 Å². The van der Waals surface area contributed by atoms with Crippen molar-refractivity contribution in [2.45, 2.75) is 13.2 Å². The number of carboxylic acid groups (broad SMARTS) is 1. The molecular weight excluding hydrogens is 432 g/mol. The summed E-state index contributed by atoms with van der Waals surface area (Å²) in [5, 5.41) is 14.5. The minimum absolute atomic E-state index is 0.146. The molecule has 2 heterocycles. The van der Waals surface area contributed by atoms with E-state index in [-0.39, 0.29) is 31.3 Å². The molecule has 3 N–H and O–H groups in total. The van der Waals surface area contributed by atoms with Crippen molar-refractivity contribution in [1.82, 2.24) is 14.9 Å². The van der Waals surface area contributed by atoms with Gasteiger partial charge in [0.05, 0.1) is 12.7 Å². The van der Waals surface area contributed by atoms with Crippen molar-refractivity contribution in [2.24, 2.45) is 0 Å². The Labute approximate surface area is 187 Å². The Bertz CT molecular complexity index is 1230. The van der Waals surface area contributed by atoms with Crippen LogP contribution in [0, 0.1) is 0 Å². The highest BCUT2D eigenvalue weighted by atomic mass is 16.5. The minimum atomic E-state index is -1.17. The second-order valence-electron chi connectivity index (χ2n) is 6.95. The lowest BCUT2D eigenvalue weighted by Crippen LogP contribution is -2.29. The number of carboxylic acids is 1. The van der Waals surface area contributed by atoms with E-state index in [4.69, 9.17) is 19.3 Å². The average Bonchev–Trinajstić information content (AvgIpc) is 2.80. The Hall–Kier alpha value is -4.54. The summed E-state index contributed by atoms with van der Waals surface area (Å²) in [4.78, 5) is 38.6. The largest absolute Gasteiger partial charge is 0.489 e. The molecule has 0 saturated carbocycles. The van der Waals surface area contributed by atoms with Crippen LogP contribution in [-0.4, -0.2) is 39.9 Å². The van der Waals surface area contributed by atoms with Crippen LogP contribution in [0.15, 0.2) is 59.5 Å². The number of anilines is 2. The number of aliphatic carboxylic acids is 1. The van der Waals surface area contributed by atoms with E-state index in [9.17, 15) is 14.4 Å². The summed E-state index contributed by atoms with van der Waals surface area (Å²) >= 11 is 0. The van der Waals surface area contributed by atoms with E-state index in [0.717, 1.165) is 10.1 Å². The molecule has 3 aromatic rings. The number of carbonyl (C=O) groups is 2. The Morgan fingerprint density at radius 3 is 2.73 bits per heavy atom. The third-order valence-electron chi connectivity index (χ3n) is 4.56. The highest BCUT2D eigenvalue weighted by Crippen LogP contribution is 2.44. The zero-order valence-electron chi connectivity index (χ0n) is 17.3. The maximum atomic E-state index is 12.1. The molecule has 0 aliphatic carbocycles. The Kier molecular flexibility index (Phi) is 6.39. The van der Waals surface area contributed by atoms with Gasteiger partial charge in [-0.05, 0) is 17.7 Å². The van der Waals surface area contributed by atoms with Crippen molar-refractivity contribution >= 4 is 23.6 Å². The number of para-hydroxylation sites is 1. The van der Waals surface area contributed by atoms with Crippen molar-refractivity contribution in [2.75, 3.05) is 18.5 Å². The van der Waals surface area contributed by atoms with Gasteiger partial charge in [-0.2, -0.15) is 4.98 Å². The maximum absolute atomic E-state index is 12.1. The first-order chi connectivity index (χ1) is 16.0. The fourth-order valence-electron chi connectivity index (χ4n) is 3.06. The van der Waals surface area contributed by atoms with Crippen LogP contribution in [0.5, 0.6) is 17.2 Å². The van der Waals surface area contributed by atoms with Crippen LogP contribution in [0.25, 0.3) is 0 Å². The normalized spacial score (nSPS) is 11.3. The molecule has 1 aromatic heterocycles. The highest BCUT2D eigenvalue weighted by molar-refractivity contribution is 5.77. The van der Waals surface area contributed by atoms with Crippen molar-refractivity contribution in [3.8, 4) is 17.2 Å². The molecular formula is C22H20N4O7. The van der Waals surface area contributed by atoms with Gasteiger partial charge < -0.3 is 30.0 Å². The Balaban J connectivity index is 1.33. The molecule has 33 heavy (non-hydrogen) atoms. The quantitative estimate of drug-likeness (QED) is 0.344. The van der Waals surface area contributed by atoms with E-state index >= 15 is 0 Å². The molecule has 0 fully saturated rings. The number of nitrogens with one attached hydrogen (secondary N) is 2. The zero-order valence-corrected chi connectivity index (χ0v) is 17.3. The summed E-state index contributed by atoms with van der Waals surface area (Å²) < 4.78 is 17.6. The van der Waals surface area contributed by atoms with E-state index in [2.05, 4.69) is 15.6 Å². The van der Waals surface area contributed by atoms with E-state index in [1.165, 1.54) is 6.20 Å². The third kappa shape index (κ3) is 5.39. The molecule has 4 rings (SSSR count). The van der Waals surface area contributed by atoms with E-state index in [1.807, 2.05) is 30.3 Å². The molecule has 0 unspecified atom stereocenters. The van der Waals surface area contributed by atoms with Crippen LogP contribution in [-0.2, 0) is 22.7 Å². The van der Waals surface area contributed by atoms with Crippen LogP contribution in [0.2, 0.25) is 0 Å². The van der Waals surface area contributed by atoms with Crippen LogP contribution in [0.1, 0.15) is 5.56 Å². The van der Waals surface area contributed by atoms with Gasteiger partial charge in [-0.15, -0.1) is 0 Å². The fraction of sp³-hybridized carbons (Fsp3) is 0.182. The lowest BCUT2D eigenvalue weighted by Gasteiger charge is -2.23. The van der Waals surface area contributed by atoms with E-state index in [0.29, 0.717) is 17.2 Å². The first kappa shape index (κ1) is 21.7. The number of amides is 1. The fourth-order valence-corrected chi connectivity index (χ4v) is 3.06. The van der Waals surface area contributed by atoms with Crippen molar-refractivity contribution < 1.29 is 28.9 Å². The van der Waals surface area contributed by atoms with Gasteiger partial charge in [0.2, 0.25) is 0 Å². The Morgan fingerprint density at radius 1 is 1.12 bits per heavy atom. The summed E-state index contributed by atoms with van der Waals surface area (Å²) in [6.07, 6.45) is 0.725. The topological polar surface area (TPSA) is 141 Å². The van der Waals surface area contributed by atoms with Gasteiger partial charge in [-0.3, -0.25) is 9.36 Å². The molecule has 0 spiro atoms. The van der Waals surface area contributed by atoms with Crippen molar-refractivity contribution in [1.29, 1.82) is 0 Å². The number of rotatable bonds is 8. The van der Waals surface area contributed by atoms with Crippen LogP contribution >= 0.6 is 0 Å². The second-order valence-corrected chi connectivity index (χ2v) is 6.95. The molecule has 2 aromatic carbocycles. The minimum Gasteiger partial charge on any atom is -0.489 e. The molecule has 11 nitrogen and oxygen atoms in total. The van der Waals surface area contributed by atoms with Gasteiger partial charge in [0.25, 0.3) is 0 Å². The predicted molar refractivity (Wildman–Crippen MR) is 116 cm³/mol. The van der Waals surface area contributed by atoms with Crippen LogP contribution in [0.4, 0.5) is 16.3 Å². The highest BCUT2D eigenvalue weighted by Gasteiger charge is 2.23. The summed E-state index contributed by atoms with van der Waals surface area (Å²) in [6, 6.07) is 14.4. The number of fused-ring (bicyclic) bond motifs is 2. The monoisotopic (exact) mass is 452 g/mol. The molecule has 170 valence electrons. The molecule has 0 bridgehead atoms. The molecule has 0 atom stereocenters. The number of aromatic nitrogens is 2. The standard InChI is InChI=1S/C22H20N4O7/c27-18(28)12-26-11-17-20(25-21(26)29)24-19-15(7-4-8-16(19)33-17)31-10-9-23-22(30)32-13-14-5-2-1-3-6-14/h1-8,11H,9-10,12-13H2,(H,23,30)(H,27,28)(H,24,25,29). The molecule has 11 heteroatoms. The summed E-state index contributed by atoms with van der Waals surface area (Å²) in [5.74, 6) is 0.0269. The molecule has 1 amide bonds. The van der Waals surface area contributed by atoms with Gasteiger partial charge in [-0.1, -0.05) is 36.4 Å². The molecule has 0 radical (unpaired) electrons. The Morgan fingerprint density at radius 2 is 1.94 bits per heavy atom. The van der Waals surface area contributed by atoms with Crippen LogP contribution < -0.4 is 25.8 Å². The van der Waals surface area contributed by atoms with Gasteiger partial charge in [0, 0.05) is 0 Å². The number of hydrogen-bond acceptors (Lipinski definition) is 8. The number of carbonyl (C=O) groups excluding carboxylic acids is 1. The number of alkyl carbamates (subject to hydrolysis) is 1. The first-order valence-corrected chi connectivity index (χ1v) is 9.98. The van der Waals surface area contributed by atoms with E-state index < -0.39 is 24.3 Å². The second kappa shape index (κ2) is 9.73. The van der Waals surface area contributed by atoms with Gasteiger partial charge in [0.15, 0.2) is 17.3 Å². The molecule has 1 aliphatic heterocycles. The number of benzene rings is 2. The summed E-state index contributed by atoms with van der Waals surface area (Å²) in [7, 11) is 0. The lowest BCUT2D eigenvalue weighted by atomic mass is 10.2. The summed E-state index contributed by atoms with van der Waals surface area (Å²) in [6.45, 7) is -0.00718. The van der Waals surface area contributed by atoms with Gasteiger partial charge >= 0.3 is 17.8 Å². The molecule has 1 aliphatic rings. The van der Waals surface area contributed by atoms with Gasteiger partial charge in [-0.25, -0.2) is 9.59 Å². The van der Waals surface area contributed by atoms with E-state index in [1.54, 1.807) is 18.2 Å². The first-order valence-electron chi connectivity index (χ1n) is 9.98. The molecule has 0 saturated heterocycles. The number of nitrogens with zero attached hydrogens (tertiary/aromatic N) is 2. The average molecular weight is 452 g/mol. The number of ether oxygens (including phenoxy) is 3. The third-order valence-corrected chi connectivity index (χ3v) is 4.56.